The van der Waals surface area contributed by atoms with Crippen LogP contribution in [0.2, 0.25) is 0 Å². The van der Waals surface area contributed by atoms with E-state index in [-0.39, 0.29) is 18.4 Å². The lowest BCUT2D eigenvalue weighted by atomic mass is 9.98. The highest BCUT2D eigenvalue weighted by atomic mass is 16.3. The molecule has 0 heterocycles. The maximum atomic E-state index is 12.4. The predicted molar refractivity (Wildman–Crippen MR) is 78.8 cm³/mol. The Morgan fingerprint density at radius 2 is 2.10 bits per heavy atom. The minimum Gasteiger partial charge on any atom is -0.396 e. The zero-order chi connectivity index (χ0) is 14.1. The van der Waals surface area contributed by atoms with Crippen molar-refractivity contribution in [3.05, 3.63) is 34.4 Å². The fourth-order valence-electron chi connectivity index (χ4n) is 3.37. The van der Waals surface area contributed by atoms with Gasteiger partial charge in [0.1, 0.15) is 0 Å². The van der Waals surface area contributed by atoms with E-state index in [0.717, 1.165) is 24.8 Å². The minimum absolute atomic E-state index is 0.0299. The molecule has 0 radical (unpaired) electrons. The highest BCUT2D eigenvalue weighted by Crippen LogP contribution is 2.36. The molecule has 3 rings (SSSR count). The van der Waals surface area contributed by atoms with Gasteiger partial charge in [-0.1, -0.05) is 6.07 Å². The molecule has 0 bridgehead atoms. The Balaban J connectivity index is 1.70. The molecule has 108 valence electrons. The van der Waals surface area contributed by atoms with Crippen LogP contribution in [0, 0.1) is 18.8 Å². The van der Waals surface area contributed by atoms with E-state index in [9.17, 15) is 9.90 Å². The molecule has 1 fully saturated rings. The Hall–Kier alpha value is -1.35. The second kappa shape index (κ2) is 5.57. The maximum absolute atomic E-state index is 12.4. The highest BCUT2D eigenvalue weighted by molar-refractivity contribution is 5.96. The third-order valence-corrected chi connectivity index (χ3v) is 4.81. The van der Waals surface area contributed by atoms with E-state index in [4.69, 9.17) is 0 Å². The Bertz CT molecular complexity index is 520. The Morgan fingerprint density at radius 3 is 2.80 bits per heavy atom. The molecular weight excluding hydrogens is 250 g/mol. The third kappa shape index (κ3) is 2.59. The van der Waals surface area contributed by atoms with Crippen LogP contribution in [0.15, 0.2) is 12.1 Å². The van der Waals surface area contributed by atoms with Crippen LogP contribution in [-0.4, -0.2) is 24.2 Å². The van der Waals surface area contributed by atoms with Crippen molar-refractivity contribution in [3.8, 4) is 0 Å². The van der Waals surface area contributed by atoms with Gasteiger partial charge in [0.15, 0.2) is 0 Å². The van der Waals surface area contributed by atoms with Gasteiger partial charge < -0.3 is 10.4 Å². The summed E-state index contributed by atoms with van der Waals surface area (Å²) in [7, 11) is 0. The average Bonchev–Trinajstić information content (AvgIpc) is 3.16. The van der Waals surface area contributed by atoms with Gasteiger partial charge >= 0.3 is 0 Å². The zero-order valence-corrected chi connectivity index (χ0v) is 12.1. The molecule has 1 atom stereocenters. The van der Waals surface area contributed by atoms with E-state index in [0.29, 0.717) is 12.5 Å². The molecule has 3 heteroatoms. The molecule has 0 aliphatic heterocycles. The summed E-state index contributed by atoms with van der Waals surface area (Å²) in [6.07, 6.45) is 5.67. The van der Waals surface area contributed by atoms with Crippen LogP contribution in [0.3, 0.4) is 0 Å². The predicted octanol–water partition coefficient (Wildman–Crippen LogP) is 2.23. The SMILES string of the molecule is Cc1ccc(C(=O)NC[C@@H](CO)C2CC2)c2c1CCC2. The fraction of sp³-hybridized carbons (Fsp3) is 0.588. The summed E-state index contributed by atoms with van der Waals surface area (Å²) in [4.78, 5) is 12.4. The van der Waals surface area contributed by atoms with Crippen LogP contribution < -0.4 is 5.32 Å². The van der Waals surface area contributed by atoms with E-state index < -0.39 is 0 Å². The third-order valence-electron chi connectivity index (χ3n) is 4.81. The van der Waals surface area contributed by atoms with Gasteiger partial charge in [0.05, 0.1) is 0 Å². The number of amides is 1. The molecule has 2 aliphatic rings. The van der Waals surface area contributed by atoms with Gasteiger partial charge in [-0.3, -0.25) is 4.79 Å². The van der Waals surface area contributed by atoms with Crippen molar-refractivity contribution in [1.29, 1.82) is 0 Å². The Kier molecular flexibility index (Phi) is 3.79. The fourth-order valence-corrected chi connectivity index (χ4v) is 3.37. The average molecular weight is 273 g/mol. The van der Waals surface area contributed by atoms with Gasteiger partial charge in [0.2, 0.25) is 0 Å². The van der Waals surface area contributed by atoms with E-state index in [1.807, 2.05) is 6.07 Å². The van der Waals surface area contributed by atoms with Crippen LogP contribution in [0.1, 0.15) is 46.3 Å². The van der Waals surface area contributed by atoms with Gasteiger partial charge in [-0.2, -0.15) is 0 Å². The Morgan fingerprint density at radius 1 is 1.35 bits per heavy atom. The molecule has 3 nitrogen and oxygen atoms in total. The number of benzene rings is 1. The normalized spacial score (nSPS) is 18.7. The van der Waals surface area contributed by atoms with E-state index in [1.165, 1.54) is 29.5 Å². The van der Waals surface area contributed by atoms with Crippen LogP contribution in [0.25, 0.3) is 0 Å². The summed E-state index contributed by atoms with van der Waals surface area (Å²) in [5, 5.41) is 12.4. The van der Waals surface area contributed by atoms with Crippen LogP contribution in [0.5, 0.6) is 0 Å². The number of hydrogen-bond donors (Lipinski definition) is 2. The van der Waals surface area contributed by atoms with Gasteiger partial charge in [0, 0.05) is 24.6 Å². The molecular formula is C17H23NO2. The lowest BCUT2D eigenvalue weighted by Gasteiger charge is -2.16. The van der Waals surface area contributed by atoms with Gasteiger partial charge in [-0.05, 0) is 67.7 Å². The molecule has 0 saturated heterocycles. The summed E-state index contributed by atoms with van der Waals surface area (Å²) in [6, 6.07) is 4.02. The van der Waals surface area contributed by atoms with Crippen molar-refractivity contribution >= 4 is 5.91 Å². The molecule has 0 spiro atoms. The molecule has 0 unspecified atom stereocenters. The summed E-state index contributed by atoms with van der Waals surface area (Å²) < 4.78 is 0. The molecule has 1 saturated carbocycles. The molecule has 1 aromatic carbocycles. The van der Waals surface area contributed by atoms with E-state index >= 15 is 0 Å². The van der Waals surface area contributed by atoms with Crippen molar-refractivity contribution in [2.24, 2.45) is 11.8 Å². The van der Waals surface area contributed by atoms with Crippen molar-refractivity contribution in [2.75, 3.05) is 13.2 Å². The van der Waals surface area contributed by atoms with Crippen LogP contribution in [0.4, 0.5) is 0 Å². The number of carbonyl (C=O) groups excluding carboxylic acids is 1. The molecule has 0 aromatic heterocycles. The number of aliphatic hydroxyl groups excluding tert-OH is 1. The maximum Gasteiger partial charge on any atom is 0.251 e. The topological polar surface area (TPSA) is 49.3 Å². The molecule has 20 heavy (non-hydrogen) atoms. The highest BCUT2D eigenvalue weighted by Gasteiger charge is 2.31. The number of aryl methyl sites for hydroxylation is 1. The quantitative estimate of drug-likeness (QED) is 0.864. The van der Waals surface area contributed by atoms with Crippen LogP contribution >= 0.6 is 0 Å². The number of hydrogen-bond acceptors (Lipinski definition) is 2. The first-order valence-corrected chi connectivity index (χ1v) is 7.71. The molecule has 1 amide bonds. The van der Waals surface area contributed by atoms with Crippen molar-refractivity contribution in [3.63, 3.8) is 0 Å². The second-order valence-electron chi connectivity index (χ2n) is 6.23. The molecule has 1 aromatic rings. The smallest absolute Gasteiger partial charge is 0.251 e. The number of rotatable bonds is 5. The minimum atomic E-state index is 0.0299. The standard InChI is InChI=1S/C17H23NO2/c1-11-5-8-16(15-4-2-3-14(11)15)17(20)18-9-13(10-19)12-6-7-12/h5,8,12-13,19H,2-4,6-7,9-10H2,1H3,(H,18,20)/t13-/m0/s1. The van der Waals surface area contributed by atoms with Crippen LogP contribution in [-0.2, 0) is 12.8 Å². The number of carbonyl (C=O) groups is 1. The van der Waals surface area contributed by atoms with Gasteiger partial charge in [-0.15, -0.1) is 0 Å². The summed E-state index contributed by atoms with van der Waals surface area (Å²) in [5.41, 5.74) is 4.77. The van der Waals surface area contributed by atoms with E-state index in [1.54, 1.807) is 0 Å². The number of nitrogens with one attached hydrogen (secondary N) is 1. The summed E-state index contributed by atoms with van der Waals surface area (Å²) in [5.74, 6) is 0.878. The lowest BCUT2D eigenvalue weighted by molar-refractivity contribution is 0.0935. The Labute approximate surface area is 120 Å². The van der Waals surface area contributed by atoms with Crippen molar-refractivity contribution in [2.45, 2.75) is 39.0 Å². The van der Waals surface area contributed by atoms with Crippen molar-refractivity contribution in [1.82, 2.24) is 5.32 Å². The largest absolute Gasteiger partial charge is 0.396 e. The van der Waals surface area contributed by atoms with Gasteiger partial charge in [-0.25, -0.2) is 0 Å². The first-order valence-electron chi connectivity index (χ1n) is 7.71. The van der Waals surface area contributed by atoms with Gasteiger partial charge in [0.25, 0.3) is 5.91 Å². The monoisotopic (exact) mass is 273 g/mol. The number of fused-ring (bicyclic) bond motifs is 1. The first kappa shape index (κ1) is 13.6. The number of aliphatic hydroxyl groups is 1. The summed E-state index contributed by atoms with van der Waals surface area (Å²) in [6.45, 7) is 2.90. The lowest BCUT2D eigenvalue weighted by Crippen LogP contribution is -2.32. The molecule has 2 aliphatic carbocycles. The van der Waals surface area contributed by atoms with Crippen molar-refractivity contribution < 1.29 is 9.90 Å². The zero-order valence-electron chi connectivity index (χ0n) is 12.1. The molecule has 2 N–H and O–H groups in total. The van der Waals surface area contributed by atoms with E-state index in [2.05, 4.69) is 18.3 Å². The second-order valence-corrected chi connectivity index (χ2v) is 6.23. The first-order chi connectivity index (χ1) is 9.70. The summed E-state index contributed by atoms with van der Waals surface area (Å²) >= 11 is 0.